The fourth-order valence-electron chi connectivity index (χ4n) is 0.274. The largest absolute Gasteiger partial charge is 0.477 e. The molecule has 0 fully saturated rings. The molecule has 0 saturated heterocycles. The van der Waals surface area contributed by atoms with Crippen LogP contribution in [0, 0.1) is 0 Å². The first-order valence-electron chi connectivity index (χ1n) is 3.07. The van der Waals surface area contributed by atoms with Crippen LogP contribution in [0.1, 0.15) is 20.8 Å². The third kappa shape index (κ3) is 3.88. The third-order valence-corrected chi connectivity index (χ3v) is 0.800. The van der Waals surface area contributed by atoms with Crippen molar-refractivity contribution in [3.05, 3.63) is 0 Å². The van der Waals surface area contributed by atoms with Gasteiger partial charge in [0.15, 0.2) is 0 Å². The van der Waals surface area contributed by atoms with Crippen molar-refractivity contribution in [1.82, 2.24) is 5.43 Å². The molecule has 0 saturated carbocycles. The zero-order valence-electron chi connectivity index (χ0n) is 6.38. The number of hydrogen-bond donors (Lipinski definition) is 2. The van der Waals surface area contributed by atoms with E-state index in [-0.39, 0.29) is 11.8 Å². The van der Waals surface area contributed by atoms with Crippen molar-refractivity contribution in [2.75, 3.05) is 0 Å². The second-order valence-electron chi connectivity index (χ2n) is 2.29. The lowest BCUT2D eigenvalue weighted by atomic mass is 10.4. The highest BCUT2D eigenvalue weighted by Crippen LogP contribution is 1.78. The summed E-state index contributed by atoms with van der Waals surface area (Å²) in [5, 5.41) is 11.9. The van der Waals surface area contributed by atoms with Gasteiger partial charge in [-0.3, -0.25) is 0 Å². The average Bonchev–Trinajstić information content (AvgIpc) is 1.82. The van der Waals surface area contributed by atoms with Crippen molar-refractivity contribution in [2.24, 2.45) is 5.10 Å². The zero-order chi connectivity index (χ0) is 8.15. The highest BCUT2D eigenvalue weighted by atomic mass is 16.4. The number of nitrogens with zero attached hydrogens (tertiary/aromatic N) is 1. The second kappa shape index (κ2) is 3.87. The molecule has 0 aromatic rings. The number of aliphatic carboxylic acids is 1. The summed E-state index contributed by atoms with van der Waals surface area (Å²) < 4.78 is 0. The Balaban J connectivity index is 3.81. The van der Waals surface area contributed by atoms with Crippen molar-refractivity contribution < 1.29 is 9.90 Å². The lowest BCUT2D eigenvalue weighted by molar-refractivity contribution is -0.129. The van der Waals surface area contributed by atoms with Gasteiger partial charge < -0.3 is 10.5 Å². The SMILES string of the molecule is C/C(=N\NC(C)C)C(=O)O. The summed E-state index contributed by atoms with van der Waals surface area (Å²) in [7, 11) is 0. The molecular formula is C6H12N2O2. The van der Waals surface area contributed by atoms with Gasteiger partial charge in [0.2, 0.25) is 0 Å². The number of rotatable bonds is 3. The van der Waals surface area contributed by atoms with Crippen molar-refractivity contribution in [1.29, 1.82) is 0 Å². The fraction of sp³-hybridized carbons (Fsp3) is 0.667. The molecule has 0 heterocycles. The number of carboxylic acids is 1. The average molecular weight is 144 g/mol. The number of carboxylic acid groups (broad SMARTS) is 1. The van der Waals surface area contributed by atoms with Crippen LogP contribution < -0.4 is 5.43 Å². The Morgan fingerprint density at radius 2 is 2.10 bits per heavy atom. The summed E-state index contributed by atoms with van der Waals surface area (Å²) >= 11 is 0. The minimum absolute atomic E-state index is 0.0775. The summed E-state index contributed by atoms with van der Waals surface area (Å²) in [5.74, 6) is -0.992. The number of hydrazone groups is 1. The monoisotopic (exact) mass is 144 g/mol. The first kappa shape index (κ1) is 8.94. The molecule has 0 bridgehead atoms. The second-order valence-corrected chi connectivity index (χ2v) is 2.29. The molecule has 0 aromatic heterocycles. The van der Waals surface area contributed by atoms with Crippen molar-refractivity contribution in [3.8, 4) is 0 Å². The van der Waals surface area contributed by atoms with Crippen LogP contribution in [0.3, 0.4) is 0 Å². The molecular weight excluding hydrogens is 132 g/mol. The molecule has 0 atom stereocenters. The van der Waals surface area contributed by atoms with Gasteiger partial charge >= 0.3 is 5.97 Å². The van der Waals surface area contributed by atoms with Crippen molar-refractivity contribution in [3.63, 3.8) is 0 Å². The molecule has 10 heavy (non-hydrogen) atoms. The van der Waals surface area contributed by atoms with Crippen LogP contribution in [0.5, 0.6) is 0 Å². The van der Waals surface area contributed by atoms with Crippen molar-refractivity contribution in [2.45, 2.75) is 26.8 Å². The van der Waals surface area contributed by atoms with E-state index in [1.165, 1.54) is 6.92 Å². The molecule has 0 aromatic carbocycles. The quantitative estimate of drug-likeness (QED) is 0.446. The first-order chi connectivity index (χ1) is 4.54. The molecule has 0 aliphatic heterocycles. The minimum atomic E-state index is -0.992. The molecule has 2 N–H and O–H groups in total. The van der Waals surface area contributed by atoms with Crippen LogP contribution in [-0.4, -0.2) is 22.8 Å². The van der Waals surface area contributed by atoms with E-state index >= 15 is 0 Å². The lowest BCUT2D eigenvalue weighted by Crippen LogP contribution is -2.20. The van der Waals surface area contributed by atoms with Crippen LogP contribution in [0.2, 0.25) is 0 Å². The summed E-state index contributed by atoms with van der Waals surface area (Å²) in [4.78, 5) is 10.1. The van der Waals surface area contributed by atoms with Crippen LogP contribution in [0.25, 0.3) is 0 Å². The Morgan fingerprint density at radius 3 is 2.40 bits per heavy atom. The van der Waals surface area contributed by atoms with Gasteiger partial charge in [-0.05, 0) is 20.8 Å². The normalized spacial score (nSPS) is 11.8. The molecule has 0 aliphatic rings. The summed E-state index contributed by atoms with van der Waals surface area (Å²) in [6.07, 6.45) is 0. The van der Waals surface area contributed by atoms with E-state index in [1.54, 1.807) is 0 Å². The van der Waals surface area contributed by atoms with E-state index in [1.807, 2.05) is 13.8 Å². The van der Waals surface area contributed by atoms with Crippen LogP contribution in [-0.2, 0) is 4.79 Å². The maximum atomic E-state index is 10.1. The number of carbonyl (C=O) groups is 1. The van der Waals surface area contributed by atoms with E-state index < -0.39 is 5.97 Å². The molecule has 4 heteroatoms. The van der Waals surface area contributed by atoms with Gasteiger partial charge in [0, 0.05) is 6.04 Å². The maximum absolute atomic E-state index is 10.1. The molecule has 0 aliphatic carbocycles. The van der Waals surface area contributed by atoms with E-state index in [2.05, 4.69) is 10.5 Å². The van der Waals surface area contributed by atoms with Crippen molar-refractivity contribution >= 4 is 11.7 Å². The molecule has 58 valence electrons. The predicted molar refractivity (Wildman–Crippen MR) is 39.0 cm³/mol. The summed E-state index contributed by atoms with van der Waals surface area (Å²) in [5.41, 5.74) is 2.71. The van der Waals surface area contributed by atoms with Crippen LogP contribution >= 0.6 is 0 Å². The van der Waals surface area contributed by atoms with E-state index in [0.717, 1.165) is 0 Å². The Labute approximate surface area is 59.9 Å². The standard InChI is InChI=1S/C6H12N2O2/c1-4(2)7-8-5(3)6(9)10/h4,7H,1-3H3,(H,9,10)/b8-5+. The predicted octanol–water partition coefficient (Wildman–Crippen LogP) is 0.445. The zero-order valence-corrected chi connectivity index (χ0v) is 6.38. The lowest BCUT2D eigenvalue weighted by Gasteiger charge is -2.02. The fourth-order valence-corrected chi connectivity index (χ4v) is 0.274. The van der Waals surface area contributed by atoms with Gasteiger partial charge in [-0.25, -0.2) is 4.79 Å². The van der Waals surface area contributed by atoms with Gasteiger partial charge in [0.1, 0.15) is 5.71 Å². The van der Waals surface area contributed by atoms with E-state index in [0.29, 0.717) is 0 Å². The third-order valence-electron chi connectivity index (χ3n) is 0.800. The summed E-state index contributed by atoms with van der Waals surface area (Å²) in [6.45, 7) is 5.22. The highest BCUT2D eigenvalue weighted by molar-refractivity contribution is 6.34. The Morgan fingerprint density at radius 1 is 1.60 bits per heavy atom. The maximum Gasteiger partial charge on any atom is 0.351 e. The molecule has 0 radical (unpaired) electrons. The van der Waals surface area contributed by atoms with E-state index in [4.69, 9.17) is 5.11 Å². The smallest absolute Gasteiger partial charge is 0.351 e. The molecule has 0 rings (SSSR count). The number of nitrogens with one attached hydrogen (secondary N) is 1. The van der Waals surface area contributed by atoms with Crippen LogP contribution in [0.4, 0.5) is 0 Å². The van der Waals surface area contributed by atoms with E-state index in [9.17, 15) is 4.79 Å². The van der Waals surface area contributed by atoms with Crippen LogP contribution in [0.15, 0.2) is 5.10 Å². The summed E-state index contributed by atoms with van der Waals surface area (Å²) in [6, 6.07) is 0.175. The minimum Gasteiger partial charge on any atom is -0.477 e. The molecule has 0 spiro atoms. The van der Waals surface area contributed by atoms with Gasteiger partial charge in [0.05, 0.1) is 0 Å². The Bertz CT molecular complexity index is 152. The highest BCUT2D eigenvalue weighted by Gasteiger charge is 2.00. The topological polar surface area (TPSA) is 61.7 Å². The van der Waals surface area contributed by atoms with Gasteiger partial charge in [-0.2, -0.15) is 5.10 Å². The Hall–Kier alpha value is -1.06. The van der Waals surface area contributed by atoms with Gasteiger partial charge in [-0.1, -0.05) is 0 Å². The van der Waals surface area contributed by atoms with Gasteiger partial charge in [0.25, 0.3) is 0 Å². The molecule has 0 amide bonds. The van der Waals surface area contributed by atoms with Gasteiger partial charge in [-0.15, -0.1) is 0 Å². The molecule has 0 unspecified atom stereocenters. The first-order valence-corrected chi connectivity index (χ1v) is 3.07. The Kier molecular flexibility index (Phi) is 3.46. The molecule has 4 nitrogen and oxygen atoms in total. The number of hydrogen-bond acceptors (Lipinski definition) is 3.